The van der Waals surface area contributed by atoms with Crippen molar-refractivity contribution >= 4 is 0 Å². The van der Waals surface area contributed by atoms with Crippen molar-refractivity contribution < 1.29 is 14.6 Å². The van der Waals surface area contributed by atoms with E-state index in [1.165, 1.54) is 0 Å². The number of rotatable bonds is 7. The van der Waals surface area contributed by atoms with Crippen LogP contribution in [-0.4, -0.2) is 31.5 Å². The third kappa shape index (κ3) is 5.83. The predicted molar refractivity (Wildman–Crippen MR) is 71.2 cm³/mol. The van der Waals surface area contributed by atoms with Crippen LogP contribution in [0.1, 0.15) is 24.5 Å². The van der Waals surface area contributed by atoms with E-state index in [9.17, 15) is 0 Å². The molecular formula is C15H20O3. The fraction of sp³-hybridized carbons (Fsp3) is 0.467. The topological polar surface area (TPSA) is 38.7 Å². The summed E-state index contributed by atoms with van der Waals surface area (Å²) in [4.78, 5) is 0. The van der Waals surface area contributed by atoms with Gasteiger partial charge in [0, 0.05) is 18.6 Å². The van der Waals surface area contributed by atoms with Crippen molar-refractivity contribution in [2.24, 2.45) is 0 Å². The normalized spacial score (nSPS) is 9.89. The Balaban J connectivity index is 2.47. The van der Waals surface area contributed by atoms with Gasteiger partial charge >= 0.3 is 0 Å². The van der Waals surface area contributed by atoms with E-state index in [-0.39, 0.29) is 6.61 Å². The third-order valence-corrected chi connectivity index (χ3v) is 2.31. The standard InChI is InChI=1S/C15H20O3/c1-2-17-11-12-18-13-15-9-4-3-7-14(15)8-5-6-10-16/h3-4,7,9,16H,2,6,10-13H2,1H3. The molecule has 0 aliphatic carbocycles. The van der Waals surface area contributed by atoms with Gasteiger partial charge in [0.2, 0.25) is 0 Å². The first-order chi connectivity index (χ1) is 8.88. The average Bonchev–Trinajstić information content (AvgIpc) is 2.40. The Morgan fingerprint density at radius 1 is 1.17 bits per heavy atom. The highest BCUT2D eigenvalue weighted by Crippen LogP contribution is 2.08. The van der Waals surface area contributed by atoms with Crippen LogP contribution in [0.15, 0.2) is 24.3 Å². The van der Waals surface area contributed by atoms with Gasteiger partial charge in [0.25, 0.3) is 0 Å². The molecule has 0 saturated carbocycles. The maximum Gasteiger partial charge on any atom is 0.0730 e. The molecule has 0 heterocycles. The fourth-order valence-corrected chi connectivity index (χ4v) is 1.43. The van der Waals surface area contributed by atoms with Gasteiger partial charge in [0.1, 0.15) is 0 Å². The van der Waals surface area contributed by atoms with Crippen LogP contribution in [0.2, 0.25) is 0 Å². The number of hydrogen-bond acceptors (Lipinski definition) is 3. The molecule has 0 bridgehead atoms. The van der Waals surface area contributed by atoms with Crippen molar-refractivity contribution in [2.75, 3.05) is 26.4 Å². The largest absolute Gasteiger partial charge is 0.395 e. The number of aliphatic hydroxyl groups excluding tert-OH is 1. The highest BCUT2D eigenvalue weighted by Gasteiger charge is 1.98. The average molecular weight is 248 g/mol. The van der Waals surface area contributed by atoms with Gasteiger partial charge in [-0.1, -0.05) is 30.0 Å². The summed E-state index contributed by atoms with van der Waals surface area (Å²) in [6.45, 7) is 4.52. The second-order valence-corrected chi connectivity index (χ2v) is 3.68. The van der Waals surface area contributed by atoms with Crippen LogP contribution in [0, 0.1) is 11.8 Å². The van der Waals surface area contributed by atoms with E-state index >= 15 is 0 Å². The maximum absolute atomic E-state index is 8.70. The Kier molecular flexibility index (Phi) is 7.90. The number of aliphatic hydroxyl groups is 1. The first-order valence-corrected chi connectivity index (χ1v) is 6.21. The number of ether oxygens (including phenoxy) is 2. The van der Waals surface area contributed by atoms with Gasteiger partial charge < -0.3 is 14.6 Å². The van der Waals surface area contributed by atoms with Crippen LogP contribution in [0.25, 0.3) is 0 Å². The lowest BCUT2D eigenvalue weighted by Gasteiger charge is -2.06. The Labute approximate surface area is 109 Å². The molecule has 0 unspecified atom stereocenters. The van der Waals surface area contributed by atoms with Crippen LogP contribution in [0.5, 0.6) is 0 Å². The summed E-state index contributed by atoms with van der Waals surface area (Å²) < 4.78 is 10.7. The minimum Gasteiger partial charge on any atom is -0.395 e. The molecule has 0 amide bonds. The van der Waals surface area contributed by atoms with E-state index in [0.29, 0.717) is 32.8 Å². The maximum atomic E-state index is 8.70. The van der Waals surface area contributed by atoms with Gasteiger partial charge in [0.05, 0.1) is 26.4 Å². The third-order valence-electron chi connectivity index (χ3n) is 2.31. The van der Waals surface area contributed by atoms with E-state index in [1.807, 2.05) is 31.2 Å². The molecule has 0 aliphatic rings. The molecule has 3 nitrogen and oxygen atoms in total. The lowest BCUT2D eigenvalue weighted by atomic mass is 10.1. The lowest BCUT2D eigenvalue weighted by molar-refractivity contribution is 0.0452. The van der Waals surface area contributed by atoms with E-state index in [1.54, 1.807) is 0 Å². The van der Waals surface area contributed by atoms with Crippen LogP contribution in [-0.2, 0) is 16.1 Å². The van der Waals surface area contributed by atoms with E-state index in [0.717, 1.165) is 11.1 Å². The first-order valence-electron chi connectivity index (χ1n) is 6.21. The van der Waals surface area contributed by atoms with Crippen molar-refractivity contribution in [3.63, 3.8) is 0 Å². The van der Waals surface area contributed by atoms with Crippen LogP contribution in [0.4, 0.5) is 0 Å². The highest BCUT2D eigenvalue weighted by atomic mass is 16.5. The summed E-state index contributed by atoms with van der Waals surface area (Å²) in [5.74, 6) is 5.97. The molecule has 1 rings (SSSR count). The molecule has 98 valence electrons. The van der Waals surface area contributed by atoms with Crippen LogP contribution < -0.4 is 0 Å². The summed E-state index contributed by atoms with van der Waals surface area (Å²) in [6.07, 6.45) is 0.500. The van der Waals surface area contributed by atoms with Crippen LogP contribution in [0.3, 0.4) is 0 Å². The molecule has 18 heavy (non-hydrogen) atoms. The van der Waals surface area contributed by atoms with Crippen molar-refractivity contribution in [1.29, 1.82) is 0 Å². The molecule has 0 aromatic heterocycles. The molecule has 0 spiro atoms. The highest BCUT2D eigenvalue weighted by molar-refractivity contribution is 5.40. The number of hydrogen-bond donors (Lipinski definition) is 1. The van der Waals surface area contributed by atoms with Gasteiger partial charge in [-0.25, -0.2) is 0 Å². The molecule has 1 aromatic rings. The molecule has 0 saturated heterocycles. The van der Waals surface area contributed by atoms with Crippen molar-refractivity contribution in [3.05, 3.63) is 35.4 Å². The molecule has 0 radical (unpaired) electrons. The monoisotopic (exact) mass is 248 g/mol. The molecule has 0 fully saturated rings. The summed E-state index contributed by atoms with van der Waals surface area (Å²) >= 11 is 0. The molecule has 0 aliphatic heterocycles. The van der Waals surface area contributed by atoms with E-state index in [2.05, 4.69) is 11.8 Å². The summed E-state index contributed by atoms with van der Waals surface area (Å²) in [5.41, 5.74) is 2.03. The van der Waals surface area contributed by atoms with Gasteiger partial charge in [-0.15, -0.1) is 0 Å². The molecule has 0 atom stereocenters. The molecule has 3 heteroatoms. The Morgan fingerprint density at radius 2 is 1.94 bits per heavy atom. The smallest absolute Gasteiger partial charge is 0.0730 e. The zero-order valence-electron chi connectivity index (χ0n) is 10.8. The lowest BCUT2D eigenvalue weighted by Crippen LogP contribution is -2.04. The van der Waals surface area contributed by atoms with E-state index in [4.69, 9.17) is 14.6 Å². The van der Waals surface area contributed by atoms with Gasteiger partial charge in [-0.2, -0.15) is 0 Å². The van der Waals surface area contributed by atoms with E-state index < -0.39 is 0 Å². The quantitative estimate of drug-likeness (QED) is 0.592. The Hall–Kier alpha value is -1.34. The second-order valence-electron chi connectivity index (χ2n) is 3.68. The zero-order chi connectivity index (χ0) is 13.1. The number of benzene rings is 1. The minimum absolute atomic E-state index is 0.0972. The predicted octanol–water partition coefficient (Wildman–Crippen LogP) is 1.97. The fourth-order valence-electron chi connectivity index (χ4n) is 1.43. The van der Waals surface area contributed by atoms with Gasteiger partial charge in [0.15, 0.2) is 0 Å². The van der Waals surface area contributed by atoms with Crippen molar-refractivity contribution in [2.45, 2.75) is 20.0 Å². The minimum atomic E-state index is 0.0972. The van der Waals surface area contributed by atoms with Crippen molar-refractivity contribution in [3.8, 4) is 11.8 Å². The molecule has 1 N–H and O–H groups in total. The molecular weight excluding hydrogens is 228 g/mol. The Bertz CT molecular complexity index is 390. The zero-order valence-corrected chi connectivity index (χ0v) is 10.8. The Morgan fingerprint density at radius 3 is 2.72 bits per heavy atom. The first kappa shape index (κ1) is 14.7. The van der Waals surface area contributed by atoms with Crippen LogP contribution >= 0.6 is 0 Å². The second kappa shape index (κ2) is 9.67. The summed E-state index contributed by atoms with van der Waals surface area (Å²) in [6, 6.07) is 7.89. The SMILES string of the molecule is CCOCCOCc1ccccc1C#CCCO. The van der Waals surface area contributed by atoms with Gasteiger partial charge in [-0.05, 0) is 18.6 Å². The van der Waals surface area contributed by atoms with Gasteiger partial charge in [-0.3, -0.25) is 0 Å². The summed E-state index contributed by atoms with van der Waals surface area (Å²) in [5, 5.41) is 8.70. The molecule has 1 aromatic carbocycles. The summed E-state index contributed by atoms with van der Waals surface area (Å²) in [7, 11) is 0. The van der Waals surface area contributed by atoms with Crippen molar-refractivity contribution in [1.82, 2.24) is 0 Å².